The lowest BCUT2D eigenvalue weighted by Gasteiger charge is -2.21. The minimum absolute atomic E-state index is 0.0223. The van der Waals surface area contributed by atoms with Gasteiger partial charge in [0.2, 0.25) is 11.8 Å². The van der Waals surface area contributed by atoms with E-state index in [-0.39, 0.29) is 25.3 Å². The van der Waals surface area contributed by atoms with Gasteiger partial charge < -0.3 is 15.1 Å². The van der Waals surface area contributed by atoms with E-state index in [4.69, 9.17) is 10.2 Å². The molecule has 2 heterocycles. The summed E-state index contributed by atoms with van der Waals surface area (Å²) in [6.07, 6.45) is 0.386. The number of halogens is 1. The average Bonchev–Trinajstić information content (AvgIpc) is 3.07. The molecule has 23 heavy (non-hydrogen) atoms. The van der Waals surface area contributed by atoms with E-state index in [1.54, 1.807) is 6.26 Å². The predicted molar refractivity (Wildman–Crippen MR) is 83.6 cm³/mol. The maximum absolute atomic E-state index is 13.6. The standard InChI is InChI=1S/C17H19FN2O3/c1-9-3-4-13-11(8-23-16(13)10(9)2)5-15(21)20-7-12(18)6-14(20)17(19)22/h3-4,8,12,14H,5-7H2,1-2H3,(H2,19,22)/t12-,14+/m1/s1. The summed E-state index contributed by atoms with van der Waals surface area (Å²) >= 11 is 0. The van der Waals surface area contributed by atoms with Crippen LogP contribution in [0, 0.1) is 13.8 Å². The molecule has 5 nitrogen and oxygen atoms in total. The minimum atomic E-state index is -1.21. The van der Waals surface area contributed by atoms with Crippen LogP contribution in [0.3, 0.4) is 0 Å². The molecule has 0 unspecified atom stereocenters. The fourth-order valence-electron chi connectivity index (χ4n) is 3.12. The van der Waals surface area contributed by atoms with Crippen LogP contribution >= 0.6 is 0 Å². The number of alkyl halides is 1. The molecule has 0 spiro atoms. The Kier molecular flexibility index (Phi) is 3.83. The molecule has 1 aromatic heterocycles. The Morgan fingerprint density at radius 3 is 2.83 bits per heavy atom. The topological polar surface area (TPSA) is 76.5 Å². The van der Waals surface area contributed by atoms with Crippen LogP contribution in [0.4, 0.5) is 4.39 Å². The van der Waals surface area contributed by atoms with Gasteiger partial charge in [-0.05, 0) is 25.0 Å². The highest BCUT2D eigenvalue weighted by atomic mass is 19.1. The SMILES string of the molecule is Cc1ccc2c(CC(=O)N3C[C@H](F)C[C@H]3C(N)=O)coc2c1C. The minimum Gasteiger partial charge on any atom is -0.464 e. The molecular formula is C17H19FN2O3. The molecule has 1 aliphatic heterocycles. The number of rotatable bonds is 3. The lowest BCUT2D eigenvalue weighted by Crippen LogP contribution is -2.44. The molecule has 1 aliphatic rings. The fourth-order valence-corrected chi connectivity index (χ4v) is 3.12. The maximum atomic E-state index is 13.6. The van der Waals surface area contributed by atoms with Crippen LogP contribution in [0.1, 0.15) is 23.1 Å². The number of carbonyl (C=O) groups is 2. The third-order valence-electron chi connectivity index (χ3n) is 4.58. The number of benzene rings is 1. The molecule has 2 amide bonds. The van der Waals surface area contributed by atoms with Crippen molar-refractivity contribution in [2.24, 2.45) is 5.73 Å². The van der Waals surface area contributed by atoms with Crippen LogP contribution in [0.25, 0.3) is 11.0 Å². The van der Waals surface area contributed by atoms with Crippen molar-refractivity contribution in [3.8, 4) is 0 Å². The first-order valence-corrected chi connectivity index (χ1v) is 7.57. The van der Waals surface area contributed by atoms with Gasteiger partial charge in [0.15, 0.2) is 0 Å². The summed E-state index contributed by atoms with van der Waals surface area (Å²) in [7, 11) is 0. The molecule has 0 radical (unpaired) electrons. The number of hydrogen-bond donors (Lipinski definition) is 1. The third-order valence-corrected chi connectivity index (χ3v) is 4.58. The second kappa shape index (κ2) is 5.68. The molecule has 122 valence electrons. The number of likely N-dealkylation sites (tertiary alicyclic amines) is 1. The number of primary amides is 1. The van der Waals surface area contributed by atoms with Gasteiger partial charge in [-0.2, -0.15) is 0 Å². The predicted octanol–water partition coefficient (Wildman–Crippen LogP) is 2.02. The van der Waals surface area contributed by atoms with E-state index in [1.165, 1.54) is 4.90 Å². The summed E-state index contributed by atoms with van der Waals surface area (Å²) < 4.78 is 19.1. The number of nitrogens with two attached hydrogens (primary N) is 1. The van der Waals surface area contributed by atoms with E-state index < -0.39 is 18.1 Å². The van der Waals surface area contributed by atoms with Gasteiger partial charge in [-0.1, -0.05) is 12.1 Å². The largest absolute Gasteiger partial charge is 0.464 e. The lowest BCUT2D eigenvalue weighted by molar-refractivity contribution is -0.136. The molecule has 1 saturated heterocycles. The summed E-state index contributed by atoms with van der Waals surface area (Å²) in [5.74, 6) is -0.975. The summed E-state index contributed by atoms with van der Waals surface area (Å²) in [5, 5.41) is 0.869. The van der Waals surface area contributed by atoms with E-state index in [9.17, 15) is 14.0 Å². The lowest BCUT2D eigenvalue weighted by atomic mass is 10.0. The molecule has 3 rings (SSSR count). The molecule has 2 aromatic rings. The number of aryl methyl sites for hydroxylation is 2. The highest BCUT2D eigenvalue weighted by molar-refractivity contribution is 5.92. The quantitative estimate of drug-likeness (QED) is 0.940. The molecule has 0 saturated carbocycles. The maximum Gasteiger partial charge on any atom is 0.240 e. The Bertz CT molecular complexity index is 783. The zero-order chi connectivity index (χ0) is 16.7. The van der Waals surface area contributed by atoms with Gasteiger partial charge in [0.25, 0.3) is 0 Å². The Labute approximate surface area is 133 Å². The first kappa shape index (κ1) is 15.5. The molecule has 1 fully saturated rings. The molecule has 2 N–H and O–H groups in total. The summed E-state index contributed by atoms with van der Waals surface area (Å²) in [4.78, 5) is 25.1. The second-order valence-electron chi connectivity index (χ2n) is 6.12. The summed E-state index contributed by atoms with van der Waals surface area (Å²) in [6.45, 7) is 3.87. The number of hydrogen-bond acceptors (Lipinski definition) is 3. The third kappa shape index (κ3) is 2.69. The van der Waals surface area contributed by atoms with Crippen LogP contribution in [0.5, 0.6) is 0 Å². The first-order valence-electron chi connectivity index (χ1n) is 7.57. The van der Waals surface area contributed by atoms with Crippen LogP contribution in [-0.4, -0.2) is 35.5 Å². The average molecular weight is 318 g/mol. The number of amides is 2. The Balaban J connectivity index is 1.86. The van der Waals surface area contributed by atoms with Gasteiger partial charge in [0, 0.05) is 17.4 Å². The van der Waals surface area contributed by atoms with Crippen molar-refractivity contribution < 1.29 is 18.4 Å². The summed E-state index contributed by atoms with van der Waals surface area (Å²) in [6, 6.07) is 3.03. The monoisotopic (exact) mass is 318 g/mol. The molecule has 0 bridgehead atoms. The van der Waals surface area contributed by atoms with Gasteiger partial charge in [-0.25, -0.2) is 4.39 Å². The van der Waals surface area contributed by atoms with E-state index in [0.717, 1.165) is 27.7 Å². The van der Waals surface area contributed by atoms with Crippen LogP contribution in [0.2, 0.25) is 0 Å². The smallest absolute Gasteiger partial charge is 0.240 e. The number of nitrogens with zero attached hydrogens (tertiary/aromatic N) is 1. The van der Waals surface area contributed by atoms with Crippen molar-refractivity contribution in [1.29, 1.82) is 0 Å². The molecular weight excluding hydrogens is 299 g/mol. The van der Waals surface area contributed by atoms with Crippen LogP contribution in [0.15, 0.2) is 22.8 Å². The number of fused-ring (bicyclic) bond motifs is 1. The van der Waals surface area contributed by atoms with Crippen molar-refractivity contribution in [1.82, 2.24) is 4.90 Å². The molecule has 1 aromatic carbocycles. The molecule has 2 atom stereocenters. The highest BCUT2D eigenvalue weighted by Crippen LogP contribution is 2.28. The van der Waals surface area contributed by atoms with E-state index in [0.29, 0.717) is 0 Å². The van der Waals surface area contributed by atoms with Crippen molar-refractivity contribution in [2.45, 2.75) is 38.9 Å². The van der Waals surface area contributed by atoms with Crippen LogP contribution < -0.4 is 5.73 Å². The first-order chi connectivity index (χ1) is 10.9. The normalized spacial score (nSPS) is 21.1. The van der Waals surface area contributed by atoms with Crippen LogP contribution in [-0.2, 0) is 16.0 Å². The van der Waals surface area contributed by atoms with E-state index >= 15 is 0 Å². The van der Waals surface area contributed by atoms with Crippen molar-refractivity contribution in [3.63, 3.8) is 0 Å². The van der Waals surface area contributed by atoms with Gasteiger partial charge in [0.05, 0.1) is 19.2 Å². The van der Waals surface area contributed by atoms with Crippen molar-refractivity contribution >= 4 is 22.8 Å². The number of carbonyl (C=O) groups excluding carboxylic acids is 2. The Morgan fingerprint density at radius 2 is 2.13 bits per heavy atom. The molecule has 0 aliphatic carbocycles. The highest BCUT2D eigenvalue weighted by Gasteiger charge is 2.38. The zero-order valence-electron chi connectivity index (χ0n) is 13.1. The van der Waals surface area contributed by atoms with E-state index in [1.807, 2.05) is 26.0 Å². The Hall–Kier alpha value is -2.37. The molecule has 6 heteroatoms. The van der Waals surface area contributed by atoms with Gasteiger partial charge >= 0.3 is 0 Å². The fraction of sp³-hybridized carbons (Fsp3) is 0.412. The second-order valence-corrected chi connectivity index (χ2v) is 6.12. The van der Waals surface area contributed by atoms with Gasteiger partial charge in [-0.3, -0.25) is 9.59 Å². The summed E-state index contributed by atoms with van der Waals surface area (Å²) in [5.41, 5.74) is 8.90. The van der Waals surface area contributed by atoms with Gasteiger partial charge in [-0.15, -0.1) is 0 Å². The Morgan fingerprint density at radius 1 is 1.39 bits per heavy atom. The van der Waals surface area contributed by atoms with Crippen molar-refractivity contribution in [3.05, 3.63) is 35.1 Å². The number of furan rings is 1. The zero-order valence-corrected chi connectivity index (χ0v) is 13.1. The van der Waals surface area contributed by atoms with Gasteiger partial charge in [0.1, 0.15) is 17.8 Å². The van der Waals surface area contributed by atoms with Crippen molar-refractivity contribution in [2.75, 3.05) is 6.54 Å². The van der Waals surface area contributed by atoms with E-state index in [2.05, 4.69) is 0 Å².